The highest BCUT2D eigenvalue weighted by molar-refractivity contribution is 5.71. The fourth-order valence-corrected chi connectivity index (χ4v) is 1.73. The molecule has 0 saturated heterocycles. The number of rotatable bonds is 2. The molecule has 0 saturated carbocycles. The van der Waals surface area contributed by atoms with E-state index in [0.29, 0.717) is 11.3 Å². The van der Waals surface area contributed by atoms with Gasteiger partial charge in [0.2, 0.25) is 0 Å². The second-order valence-corrected chi connectivity index (χ2v) is 3.87. The van der Waals surface area contributed by atoms with Crippen LogP contribution in [0.5, 0.6) is 11.5 Å². The minimum atomic E-state index is -4.77. The predicted octanol–water partition coefficient (Wildman–Crippen LogP) is 2.22. The average molecular weight is 262 g/mol. The molecule has 2 rings (SSSR count). The molecule has 0 amide bonds. The lowest BCUT2D eigenvalue weighted by atomic mass is 9.97. The molecule has 98 valence electrons. The SMILES string of the molecule is O=C(O)C1COc2ccc(OC(F)(F)F)cc2C1. The third kappa shape index (κ3) is 2.85. The lowest BCUT2D eigenvalue weighted by Gasteiger charge is -2.23. The van der Waals surface area contributed by atoms with Gasteiger partial charge in [-0.25, -0.2) is 0 Å². The molecule has 0 aliphatic carbocycles. The molecule has 0 aromatic heterocycles. The molecule has 1 aliphatic heterocycles. The Kier molecular flexibility index (Phi) is 3.06. The molecule has 1 heterocycles. The number of benzene rings is 1. The number of carboxylic acids is 1. The molecule has 1 N–H and O–H groups in total. The summed E-state index contributed by atoms with van der Waals surface area (Å²) in [5, 5.41) is 8.83. The Bertz CT molecular complexity index is 470. The highest BCUT2D eigenvalue weighted by Crippen LogP contribution is 2.32. The predicted molar refractivity (Wildman–Crippen MR) is 53.4 cm³/mol. The molecule has 7 heteroatoms. The van der Waals surface area contributed by atoms with Gasteiger partial charge < -0.3 is 14.6 Å². The Labute approximate surface area is 99.9 Å². The summed E-state index contributed by atoms with van der Waals surface area (Å²) >= 11 is 0. The third-order valence-corrected chi connectivity index (χ3v) is 2.52. The van der Waals surface area contributed by atoms with Crippen LogP contribution in [-0.4, -0.2) is 24.0 Å². The lowest BCUT2D eigenvalue weighted by molar-refractivity contribution is -0.274. The van der Waals surface area contributed by atoms with E-state index in [4.69, 9.17) is 9.84 Å². The molecule has 1 atom stereocenters. The molecule has 1 aromatic rings. The zero-order chi connectivity index (χ0) is 13.3. The van der Waals surface area contributed by atoms with E-state index in [0.717, 1.165) is 12.1 Å². The number of aliphatic carboxylic acids is 1. The Morgan fingerprint density at radius 3 is 2.78 bits per heavy atom. The Balaban J connectivity index is 2.21. The van der Waals surface area contributed by atoms with Crippen LogP contribution in [-0.2, 0) is 11.2 Å². The van der Waals surface area contributed by atoms with Gasteiger partial charge in [-0.2, -0.15) is 0 Å². The van der Waals surface area contributed by atoms with Gasteiger partial charge in [-0.05, 0) is 30.2 Å². The number of carbonyl (C=O) groups is 1. The molecule has 1 aromatic carbocycles. The minimum absolute atomic E-state index is 0.0157. The number of hydrogen-bond acceptors (Lipinski definition) is 3. The highest BCUT2D eigenvalue weighted by Gasteiger charge is 2.32. The molecule has 0 bridgehead atoms. The van der Waals surface area contributed by atoms with Gasteiger partial charge in [0.25, 0.3) is 0 Å². The third-order valence-electron chi connectivity index (χ3n) is 2.52. The van der Waals surface area contributed by atoms with Crippen LogP contribution in [0.1, 0.15) is 5.56 Å². The summed E-state index contributed by atoms with van der Waals surface area (Å²) in [6, 6.07) is 3.62. The van der Waals surface area contributed by atoms with Crippen LogP contribution in [0.2, 0.25) is 0 Å². The second kappa shape index (κ2) is 4.40. The molecular weight excluding hydrogens is 253 g/mol. The van der Waals surface area contributed by atoms with Crippen LogP contribution >= 0.6 is 0 Å². The van der Waals surface area contributed by atoms with Crippen molar-refractivity contribution in [1.82, 2.24) is 0 Å². The van der Waals surface area contributed by atoms with Crippen molar-refractivity contribution in [3.63, 3.8) is 0 Å². The van der Waals surface area contributed by atoms with Gasteiger partial charge in [-0.15, -0.1) is 13.2 Å². The molecule has 0 radical (unpaired) electrons. The van der Waals surface area contributed by atoms with Gasteiger partial charge in [0.15, 0.2) is 0 Å². The van der Waals surface area contributed by atoms with Gasteiger partial charge in [-0.1, -0.05) is 0 Å². The van der Waals surface area contributed by atoms with E-state index >= 15 is 0 Å². The van der Waals surface area contributed by atoms with Crippen LogP contribution in [0.15, 0.2) is 18.2 Å². The minimum Gasteiger partial charge on any atom is -0.492 e. The van der Waals surface area contributed by atoms with Gasteiger partial charge >= 0.3 is 12.3 Å². The standard InChI is InChI=1S/C11H9F3O4/c12-11(13,14)18-8-1-2-9-6(4-8)3-7(5-17-9)10(15)16/h1-2,4,7H,3,5H2,(H,15,16). The summed E-state index contributed by atoms with van der Waals surface area (Å²) in [4.78, 5) is 10.8. The number of fused-ring (bicyclic) bond motifs is 1. The Morgan fingerprint density at radius 1 is 1.44 bits per heavy atom. The normalized spacial score (nSPS) is 18.7. The van der Waals surface area contributed by atoms with E-state index in [9.17, 15) is 18.0 Å². The Morgan fingerprint density at radius 2 is 2.17 bits per heavy atom. The topological polar surface area (TPSA) is 55.8 Å². The first-order valence-corrected chi connectivity index (χ1v) is 5.09. The van der Waals surface area contributed by atoms with Crippen molar-refractivity contribution in [3.05, 3.63) is 23.8 Å². The first-order chi connectivity index (χ1) is 8.35. The monoisotopic (exact) mass is 262 g/mol. The number of carboxylic acid groups (broad SMARTS) is 1. The Hall–Kier alpha value is -1.92. The molecule has 0 fully saturated rings. The van der Waals surface area contributed by atoms with Crippen molar-refractivity contribution in [2.24, 2.45) is 5.92 Å². The van der Waals surface area contributed by atoms with Crippen LogP contribution in [0, 0.1) is 5.92 Å². The van der Waals surface area contributed by atoms with E-state index < -0.39 is 18.2 Å². The van der Waals surface area contributed by atoms with E-state index in [1.807, 2.05) is 0 Å². The zero-order valence-electron chi connectivity index (χ0n) is 9.03. The highest BCUT2D eigenvalue weighted by atomic mass is 19.4. The summed E-state index contributed by atoms with van der Waals surface area (Å²) in [6.07, 6.45) is -4.64. The number of alkyl halides is 3. The molecule has 18 heavy (non-hydrogen) atoms. The lowest BCUT2D eigenvalue weighted by Crippen LogP contribution is -2.28. The summed E-state index contributed by atoms with van der Waals surface area (Å²) in [7, 11) is 0. The van der Waals surface area contributed by atoms with Crippen molar-refractivity contribution >= 4 is 5.97 Å². The quantitative estimate of drug-likeness (QED) is 0.887. The fraction of sp³-hybridized carbons (Fsp3) is 0.364. The van der Waals surface area contributed by atoms with Crippen molar-refractivity contribution in [2.75, 3.05) is 6.61 Å². The largest absolute Gasteiger partial charge is 0.573 e. The van der Waals surface area contributed by atoms with Gasteiger partial charge in [0.1, 0.15) is 18.1 Å². The van der Waals surface area contributed by atoms with Crippen molar-refractivity contribution < 1.29 is 32.5 Å². The summed E-state index contributed by atoms with van der Waals surface area (Å²) < 4.78 is 45.0. The fourth-order valence-electron chi connectivity index (χ4n) is 1.73. The number of hydrogen-bond donors (Lipinski definition) is 1. The first-order valence-electron chi connectivity index (χ1n) is 5.09. The first kappa shape index (κ1) is 12.5. The maximum absolute atomic E-state index is 12.0. The van der Waals surface area contributed by atoms with E-state index in [-0.39, 0.29) is 18.8 Å². The van der Waals surface area contributed by atoms with Crippen LogP contribution in [0.4, 0.5) is 13.2 Å². The van der Waals surface area contributed by atoms with E-state index in [1.165, 1.54) is 6.07 Å². The van der Waals surface area contributed by atoms with Crippen LogP contribution in [0.3, 0.4) is 0 Å². The molecule has 1 aliphatic rings. The number of halogens is 3. The number of ether oxygens (including phenoxy) is 2. The van der Waals surface area contributed by atoms with Crippen LogP contribution in [0.25, 0.3) is 0 Å². The van der Waals surface area contributed by atoms with Crippen LogP contribution < -0.4 is 9.47 Å². The van der Waals surface area contributed by atoms with Crippen molar-refractivity contribution in [3.8, 4) is 11.5 Å². The maximum atomic E-state index is 12.0. The van der Waals surface area contributed by atoms with E-state index in [1.54, 1.807) is 0 Å². The van der Waals surface area contributed by atoms with Gasteiger partial charge in [0.05, 0.1) is 5.92 Å². The summed E-state index contributed by atoms with van der Waals surface area (Å²) in [5.74, 6) is -1.78. The molecular formula is C11H9F3O4. The molecule has 0 spiro atoms. The molecule has 1 unspecified atom stereocenters. The van der Waals surface area contributed by atoms with Gasteiger partial charge in [-0.3, -0.25) is 4.79 Å². The average Bonchev–Trinajstić information content (AvgIpc) is 2.25. The molecule has 4 nitrogen and oxygen atoms in total. The van der Waals surface area contributed by atoms with Gasteiger partial charge in [0, 0.05) is 0 Å². The maximum Gasteiger partial charge on any atom is 0.573 e. The summed E-state index contributed by atoms with van der Waals surface area (Å²) in [6.45, 7) is 0.0157. The second-order valence-electron chi connectivity index (χ2n) is 3.87. The smallest absolute Gasteiger partial charge is 0.492 e. The van der Waals surface area contributed by atoms with Crippen molar-refractivity contribution in [1.29, 1.82) is 0 Å². The van der Waals surface area contributed by atoms with E-state index in [2.05, 4.69) is 4.74 Å². The zero-order valence-corrected chi connectivity index (χ0v) is 9.03. The summed E-state index contributed by atoms with van der Waals surface area (Å²) in [5.41, 5.74) is 0.399. The van der Waals surface area contributed by atoms with Crippen molar-refractivity contribution in [2.45, 2.75) is 12.8 Å².